The molecule has 0 unspecified atom stereocenters. The maximum absolute atomic E-state index is 13.4. The summed E-state index contributed by atoms with van der Waals surface area (Å²) in [6, 6.07) is -0.528. The summed E-state index contributed by atoms with van der Waals surface area (Å²) in [7, 11) is 0. The molecule has 17 heavy (non-hydrogen) atoms. The van der Waals surface area contributed by atoms with Crippen molar-refractivity contribution in [2.45, 2.75) is 18.9 Å². The quantitative estimate of drug-likeness (QED) is 0.639. The van der Waals surface area contributed by atoms with Gasteiger partial charge in [0.15, 0.2) is 0 Å². The first-order valence-electron chi connectivity index (χ1n) is 5.13. The summed E-state index contributed by atoms with van der Waals surface area (Å²) in [6.45, 7) is -0.0909. The molecule has 1 aliphatic rings. The molecular weight excluding hydrogens is 240 g/mol. The highest BCUT2D eigenvalue weighted by Crippen LogP contribution is 2.31. The number of aromatic nitrogens is 1. The molecule has 0 saturated carbocycles. The number of halogens is 4. The van der Waals surface area contributed by atoms with Crippen LogP contribution in [0, 0.1) is 23.5 Å². The van der Waals surface area contributed by atoms with Gasteiger partial charge >= 0.3 is 0 Å². The lowest BCUT2D eigenvalue weighted by molar-refractivity contribution is 0.264. The van der Waals surface area contributed by atoms with E-state index in [0.717, 1.165) is 4.90 Å². The van der Waals surface area contributed by atoms with Gasteiger partial charge in [-0.1, -0.05) is 0 Å². The first-order chi connectivity index (χ1) is 8.06. The Morgan fingerprint density at radius 1 is 1.18 bits per heavy atom. The second kappa shape index (κ2) is 4.48. The molecular formula is C10H10F4N2O. The average molecular weight is 250 g/mol. The van der Waals surface area contributed by atoms with Gasteiger partial charge in [-0.15, -0.1) is 0 Å². The van der Waals surface area contributed by atoms with Gasteiger partial charge in [0.25, 0.3) is 11.9 Å². The van der Waals surface area contributed by atoms with E-state index in [4.69, 9.17) is 5.11 Å². The summed E-state index contributed by atoms with van der Waals surface area (Å²) >= 11 is 0. The van der Waals surface area contributed by atoms with E-state index < -0.39 is 35.3 Å². The largest absolute Gasteiger partial charge is 0.394 e. The first kappa shape index (κ1) is 12.1. The minimum absolute atomic E-state index is 0.238. The van der Waals surface area contributed by atoms with Crippen molar-refractivity contribution in [3.05, 3.63) is 23.5 Å². The Morgan fingerprint density at radius 3 is 2.29 bits per heavy atom. The Balaban J connectivity index is 2.50. The van der Waals surface area contributed by atoms with Gasteiger partial charge in [-0.25, -0.2) is 0 Å². The monoisotopic (exact) mass is 250 g/mol. The Kier molecular flexibility index (Phi) is 3.19. The molecule has 1 fully saturated rings. The highest BCUT2D eigenvalue weighted by Gasteiger charge is 2.32. The van der Waals surface area contributed by atoms with Crippen molar-refractivity contribution in [3.8, 4) is 0 Å². The maximum Gasteiger partial charge on any atom is 0.253 e. The van der Waals surface area contributed by atoms with Crippen LogP contribution < -0.4 is 4.90 Å². The third-order valence-electron chi connectivity index (χ3n) is 2.85. The van der Waals surface area contributed by atoms with Crippen LogP contribution in [-0.2, 0) is 0 Å². The highest BCUT2D eigenvalue weighted by molar-refractivity contribution is 5.50. The van der Waals surface area contributed by atoms with Crippen molar-refractivity contribution in [1.82, 2.24) is 4.98 Å². The van der Waals surface area contributed by atoms with Gasteiger partial charge in [-0.05, 0) is 12.8 Å². The van der Waals surface area contributed by atoms with E-state index in [0.29, 0.717) is 12.8 Å². The first-order valence-corrected chi connectivity index (χ1v) is 5.13. The van der Waals surface area contributed by atoms with Crippen molar-refractivity contribution >= 4 is 5.69 Å². The van der Waals surface area contributed by atoms with Crippen LogP contribution in [0.15, 0.2) is 0 Å². The number of anilines is 1. The average Bonchev–Trinajstić information content (AvgIpc) is 2.75. The zero-order valence-electron chi connectivity index (χ0n) is 8.76. The van der Waals surface area contributed by atoms with E-state index >= 15 is 0 Å². The summed E-state index contributed by atoms with van der Waals surface area (Å²) in [5, 5.41) is 9.03. The van der Waals surface area contributed by atoms with Crippen LogP contribution in [0.2, 0.25) is 0 Å². The second-order valence-electron chi connectivity index (χ2n) is 3.84. The summed E-state index contributed by atoms with van der Waals surface area (Å²) in [4.78, 5) is 3.62. The van der Waals surface area contributed by atoms with Crippen molar-refractivity contribution in [1.29, 1.82) is 0 Å². The molecule has 0 radical (unpaired) electrons. The van der Waals surface area contributed by atoms with E-state index in [2.05, 4.69) is 4.98 Å². The molecule has 7 heteroatoms. The zero-order chi connectivity index (χ0) is 12.6. The van der Waals surface area contributed by atoms with Gasteiger partial charge in [0, 0.05) is 6.54 Å². The molecule has 1 aromatic rings. The standard InChI is InChI=1S/C10H10F4N2O/c11-6-8(7(12)10(14)15-9(6)13)16-3-1-2-5(16)4-17/h5,17H,1-4H2/t5-/m0/s1. The molecule has 2 rings (SSSR count). The molecule has 3 nitrogen and oxygen atoms in total. The van der Waals surface area contributed by atoms with E-state index in [1.807, 2.05) is 0 Å². The highest BCUT2D eigenvalue weighted by atomic mass is 19.2. The van der Waals surface area contributed by atoms with Crippen molar-refractivity contribution in [2.24, 2.45) is 0 Å². The van der Waals surface area contributed by atoms with Crippen LogP contribution >= 0.6 is 0 Å². The molecule has 0 aliphatic carbocycles. The molecule has 0 aromatic carbocycles. The molecule has 1 N–H and O–H groups in total. The second-order valence-corrected chi connectivity index (χ2v) is 3.84. The lowest BCUT2D eigenvalue weighted by atomic mass is 10.2. The molecule has 0 bridgehead atoms. The normalized spacial score (nSPS) is 20.1. The fourth-order valence-corrected chi connectivity index (χ4v) is 2.05. The lowest BCUT2D eigenvalue weighted by Gasteiger charge is -2.25. The maximum atomic E-state index is 13.4. The van der Waals surface area contributed by atoms with Gasteiger partial charge < -0.3 is 10.0 Å². The van der Waals surface area contributed by atoms with Crippen LogP contribution in [0.5, 0.6) is 0 Å². The van der Waals surface area contributed by atoms with Gasteiger partial charge in [-0.2, -0.15) is 22.5 Å². The summed E-state index contributed by atoms with van der Waals surface area (Å²) < 4.78 is 52.7. The van der Waals surface area contributed by atoms with Crippen molar-refractivity contribution < 1.29 is 22.7 Å². The Labute approximate surface area is 94.7 Å². The van der Waals surface area contributed by atoms with Gasteiger partial charge in [0.1, 0.15) is 5.69 Å². The summed E-state index contributed by atoms with van der Waals surface area (Å²) in [5.74, 6) is -6.40. The Hall–Kier alpha value is -1.37. The van der Waals surface area contributed by atoms with Gasteiger partial charge in [-0.3, -0.25) is 0 Å². The van der Waals surface area contributed by atoms with E-state index in [9.17, 15) is 17.6 Å². The Morgan fingerprint density at radius 2 is 1.76 bits per heavy atom. The van der Waals surface area contributed by atoms with Crippen LogP contribution in [-0.4, -0.2) is 29.3 Å². The topological polar surface area (TPSA) is 36.4 Å². The van der Waals surface area contributed by atoms with Crippen LogP contribution in [0.1, 0.15) is 12.8 Å². The molecule has 1 aliphatic heterocycles. The fourth-order valence-electron chi connectivity index (χ4n) is 2.05. The number of hydrogen-bond donors (Lipinski definition) is 1. The molecule has 1 atom stereocenters. The zero-order valence-corrected chi connectivity index (χ0v) is 8.76. The van der Waals surface area contributed by atoms with Crippen molar-refractivity contribution in [2.75, 3.05) is 18.1 Å². The van der Waals surface area contributed by atoms with Crippen LogP contribution in [0.3, 0.4) is 0 Å². The van der Waals surface area contributed by atoms with Gasteiger partial charge in [0.05, 0.1) is 12.6 Å². The minimum atomic E-state index is -1.68. The van der Waals surface area contributed by atoms with E-state index in [1.165, 1.54) is 0 Å². The van der Waals surface area contributed by atoms with Crippen LogP contribution in [0.4, 0.5) is 23.2 Å². The molecule has 1 saturated heterocycles. The van der Waals surface area contributed by atoms with E-state index in [1.54, 1.807) is 0 Å². The predicted molar refractivity (Wildman–Crippen MR) is 51.5 cm³/mol. The van der Waals surface area contributed by atoms with Gasteiger partial charge in [0.2, 0.25) is 11.6 Å². The Bertz CT molecular complexity index is 415. The lowest BCUT2D eigenvalue weighted by Crippen LogP contribution is -2.34. The molecule has 0 spiro atoms. The van der Waals surface area contributed by atoms with Crippen LogP contribution in [0.25, 0.3) is 0 Å². The molecule has 1 aromatic heterocycles. The fraction of sp³-hybridized carbons (Fsp3) is 0.500. The number of nitrogens with zero attached hydrogens (tertiary/aromatic N) is 2. The minimum Gasteiger partial charge on any atom is -0.394 e. The number of pyridine rings is 1. The number of rotatable bonds is 2. The number of aliphatic hydroxyl groups is 1. The predicted octanol–water partition coefficient (Wildman–Crippen LogP) is 1.60. The number of hydrogen-bond acceptors (Lipinski definition) is 3. The summed E-state index contributed by atoms with van der Waals surface area (Å²) in [5.41, 5.74) is -0.786. The molecule has 94 valence electrons. The van der Waals surface area contributed by atoms with E-state index in [-0.39, 0.29) is 13.2 Å². The third-order valence-corrected chi connectivity index (χ3v) is 2.85. The SMILES string of the molecule is OC[C@@H]1CCCN1c1c(F)c(F)nc(F)c1F. The third kappa shape index (κ3) is 1.95. The smallest absolute Gasteiger partial charge is 0.253 e. The van der Waals surface area contributed by atoms with Crippen molar-refractivity contribution in [3.63, 3.8) is 0 Å². The number of aliphatic hydroxyl groups excluding tert-OH is 1. The molecule has 2 heterocycles. The summed E-state index contributed by atoms with van der Waals surface area (Å²) in [6.07, 6.45) is 1.11. The molecule has 0 amide bonds.